The fourth-order valence-corrected chi connectivity index (χ4v) is 4.25. The summed E-state index contributed by atoms with van der Waals surface area (Å²) in [7, 11) is -2.92. The summed E-state index contributed by atoms with van der Waals surface area (Å²) in [6, 6.07) is 5.83. The van der Waals surface area contributed by atoms with E-state index in [9.17, 15) is 18.3 Å². The predicted octanol–water partition coefficient (Wildman–Crippen LogP) is -0.187. The van der Waals surface area contributed by atoms with Gasteiger partial charge in [-0.3, -0.25) is 4.79 Å². The number of aromatic hydroxyl groups is 1. The number of phenolic OH excluding ortho intramolecular Hbond substituents is 1. The minimum atomic E-state index is -2.92. The molecule has 0 radical (unpaired) electrons. The lowest BCUT2D eigenvalue weighted by Gasteiger charge is -2.14. The van der Waals surface area contributed by atoms with Crippen LogP contribution in [0.5, 0.6) is 5.75 Å². The lowest BCUT2D eigenvalue weighted by Crippen LogP contribution is -2.43. The van der Waals surface area contributed by atoms with Gasteiger partial charge in [-0.25, -0.2) is 8.42 Å². The Morgan fingerprint density at radius 3 is 2.62 bits per heavy atom. The molecule has 1 aromatic rings. The van der Waals surface area contributed by atoms with Crippen molar-refractivity contribution in [1.29, 1.82) is 0 Å². The second kappa shape index (κ2) is 6.44. The molecule has 1 saturated heterocycles. The summed E-state index contributed by atoms with van der Waals surface area (Å²) in [5.74, 6) is 0.208. The lowest BCUT2D eigenvalue weighted by atomic mass is 10.1. The van der Waals surface area contributed by atoms with Crippen molar-refractivity contribution in [2.75, 3.05) is 18.1 Å². The number of nitrogens with one attached hydrogen (secondary N) is 1. The smallest absolute Gasteiger partial charge is 0.237 e. The van der Waals surface area contributed by atoms with E-state index in [1.165, 1.54) is 0 Å². The van der Waals surface area contributed by atoms with Gasteiger partial charge in [-0.15, -0.1) is 0 Å². The number of phenols is 1. The summed E-state index contributed by atoms with van der Waals surface area (Å²) in [5.41, 5.74) is 6.69. The number of sulfone groups is 1. The van der Waals surface area contributed by atoms with Crippen molar-refractivity contribution >= 4 is 15.7 Å². The molecule has 116 valence electrons. The molecular formula is C14H20N2O4S. The fourth-order valence-electron chi connectivity index (χ4n) is 2.39. The zero-order valence-corrected chi connectivity index (χ0v) is 12.5. The number of amides is 1. The van der Waals surface area contributed by atoms with Gasteiger partial charge in [0.05, 0.1) is 17.5 Å². The van der Waals surface area contributed by atoms with Crippen LogP contribution in [0.3, 0.4) is 0 Å². The van der Waals surface area contributed by atoms with E-state index in [0.29, 0.717) is 19.4 Å². The van der Waals surface area contributed by atoms with Gasteiger partial charge in [0.1, 0.15) is 5.75 Å². The second-order valence-corrected chi connectivity index (χ2v) is 7.72. The van der Waals surface area contributed by atoms with Crippen LogP contribution >= 0.6 is 0 Å². The van der Waals surface area contributed by atoms with Crippen LogP contribution < -0.4 is 11.1 Å². The topological polar surface area (TPSA) is 109 Å². The van der Waals surface area contributed by atoms with Crippen LogP contribution in [0, 0.1) is 5.92 Å². The summed E-state index contributed by atoms with van der Waals surface area (Å²) in [5, 5.41) is 11.9. The standard InChI is InChI=1S/C14H20N2O4S/c15-13(7-10-1-3-12(17)4-2-10)14(18)16-8-11-5-6-21(19,20)9-11/h1-4,11,13,17H,5-9,15H2,(H,16,18). The number of carbonyl (C=O) groups is 1. The van der Waals surface area contributed by atoms with Gasteiger partial charge in [0.15, 0.2) is 9.84 Å². The lowest BCUT2D eigenvalue weighted by molar-refractivity contribution is -0.122. The molecule has 0 saturated carbocycles. The van der Waals surface area contributed by atoms with Gasteiger partial charge in [-0.1, -0.05) is 12.1 Å². The zero-order valence-electron chi connectivity index (χ0n) is 11.7. The maximum absolute atomic E-state index is 11.9. The molecule has 1 amide bonds. The zero-order chi connectivity index (χ0) is 15.5. The molecule has 0 bridgehead atoms. The largest absolute Gasteiger partial charge is 0.508 e. The molecule has 1 aliphatic rings. The molecular weight excluding hydrogens is 292 g/mol. The van der Waals surface area contributed by atoms with E-state index in [-0.39, 0.29) is 29.1 Å². The van der Waals surface area contributed by atoms with Crippen LogP contribution in [0.25, 0.3) is 0 Å². The Hall–Kier alpha value is -1.60. The normalized spacial score (nSPS) is 21.9. The fraction of sp³-hybridized carbons (Fsp3) is 0.500. The van der Waals surface area contributed by atoms with E-state index < -0.39 is 15.9 Å². The highest BCUT2D eigenvalue weighted by atomic mass is 32.2. The highest BCUT2D eigenvalue weighted by Gasteiger charge is 2.28. The minimum absolute atomic E-state index is 0.0141. The first kappa shape index (κ1) is 15.8. The van der Waals surface area contributed by atoms with Gasteiger partial charge >= 0.3 is 0 Å². The molecule has 1 fully saturated rings. The molecule has 2 unspecified atom stereocenters. The molecule has 4 N–H and O–H groups in total. The van der Waals surface area contributed by atoms with Crippen LogP contribution in [0.2, 0.25) is 0 Å². The monoisotopic (exact) mass is 312 g/mol. The van der Waals surface area contributed by atoms with Crippen molar-refractivity contribution < 1.29 is 18.3 Å². The third-order valence-electron chi connectivity index (χ3n) is 3.62. The number of hydrogen-bond acceptors (Lipinski definition) is 5. The van der Waals surface area contributed by atoms with Crippen molar-refractivity contribution in [3.63, 3.8) is 0 Å². The van der Waals surface area contributed by atoms with Gasteiger partial charge in [0.25, 0.3) is 0 Å². The summed E-state index contributed by atoms with van der Waals surface area (Å²) in [4.78, 5) is 11.9. The Morgan fingerprint density at radius 2 is 2.05 bits per heavy atom. The van der Waals surface area contributed by atoms with Gasteiger partial charge < -0.3 is 16.2 Å². The maximum Gasteiger partial charge on any atom is 0.237 e. The highest BCUT2D eigenvalue weighted by Crippen LogP contribution is 2.17. The van der Waals surface area contributed by atoms with Crippen LogP contribution in [0.1, 0.15) is 12.0 Å². The summed E-state index contributed by atoms with van der Waals surface area (Å²) >= 11 is 0. The minimum Gasteiger partial charge on any atom is -0.508 e. The van der Waals surface area contributed by atoms with Crippen LogP contribution in [0.4, 0.5) is 0 Å². The van der Waals surface area contributed by atoms with Gasteiger partial charge in [-0.2, -0.15) is 0 Å². The highest BCUT2D eigenvalue weighted by molar-refractivity contribution is 7.91. The van der Waals surface area contributed by atoms with E-state index in [1.54, 1.807) is 24.3 Å². The average molecular weight is 312 g/mol. The third kappa shape index (κ3) is 4.71. The van der Waals surface area contributed by atoms with E-state index in [1.807, 2.05) is 0 Å². The average Bonchev–Trinajstić information content (AvgIpc) is 2.78. The van der Waals surface area contributed by atoms with Gasteiger partial charge in [0, 0.05) is 6.54 Å². The molecule has 1 aliphatic heterocycles. The summed E-state index contributed by atoms with van der Waals surface area (Å²) in [6.45, 7) is 0.349. The Morgan fingerprint density at radius 1 is 1.38 bits per heavy atom. The van der Waals surface area contributed by atoms with Crippen molar-refractivity contribution in [3.8, 4) is 5.75 Å². The molecule has 6 nitrogen and oxygen atoms in total. The quantitative estimate of drug-likeness (QED) is 0.698. The Bertz CT molecular complexity index is 598. The van der Waals surface area contributed by atoms with Gasteiger partial charge in [-0.05, 0) is 36.5 Å². The number of nitrogens with two attached hydrogens (primary N) is 1. The summed E-state index contributed by atoms with van der Waals surface area (Å²) < 4.78 is 22.7. The molecule has 21 heavy (non-hydrogen) atoms. The Labute approximate surface area is 124 Å². The molecule has 0 aromatic heterocycles. The van der Waals surface area contributed by atoms with Crippen molar-refractivity contribution in [2.24, 2.45) is 11.7 Å². The molecule has 2 atom stereocenters. The van der Waals surface area contributed by atoms with Gasteiger partial charge in [0.2, 0.25) is 5.91 Å². The van der Waals surface area contributed by atoms with Crippen LogP contribution in [-0.4, -0.2) is 43.5 Å². The molecule has 1 aromatic carbocycles. The number of carbonyl (C=O) groups excluding carboxylic acids is 1. The van der Waals surface area contributed by atoms with Crippen molar-refractivity contribution in [3.05, 3.63) is 29.8 Å². The van der Waals surface area contributed by atoms with E-state index in [0.717, 1.165) is 5.56 Å². The van der Waals surface area contributed by atoms with Crippen LogP contribution in [0.15, 0.2) is 24.3 Å². The number of benzene rings is 1. The Balaban J connectivity index is 1.79. The molecule has 0 aliphatic carbocycles. The number of rotatable bonds is 5. The second-order valence-electron chi connectivity index (χ2n) is 5.49. The first-order valence-electron chi connectivity index (χ1n) is 6.87. The van der Waals surface area contributed by atoms with Crippen molar-refractivity contribution in [2.45, 2.75) is 18.9 Å². The maximum atomic E-state index is 11.9. The first-order valence-corrected chi connectivity index (χ1v) is 8.69. The summed E-state index contributed by atoms with van der Waals surface area (Å²) in [6.07, 6.45) is 0.963. The SMILES string of the molecule is NC(Cc1ccc(O)cc1)C(=O)NCC1CCS(=O)(=O)C1. The van der Waals surface area contributed by atoms with Crippen LogP contribution in [-0.2, 0) is 21.1 Å². The van der Waals surface area contributed by atoms with E-state index in [4.69, 9.17) is 5.73 Å². The molecule has 1 heterocycles. The molecule has 7 heteroatoms. The predicted molar refractivity (Wildman–Crippen MR) is 79.6 cm³/mol. The van der Waals surface area contributed by atoms with E-state index in [2.05, 4.69) is 5.32 Å². The molecule has 0 spiro atoms. The van der Waals surface area contributed by atoms with E-state index >= 15 is 0 Å². The van der Waals surface area contributed by atoms with Crippen molar-refractivity contribution in [1.82, 2.24) is 5.32 Å². The first-order chi connectivity index (χ1) is 9.85. The molecule has 2 rings (SSSR count). The Kier molecular flexibility index (Phi) is 4.84. The number of hydrogen-bond donors (Lipinski definition) is 3. The third-order valence-corrected chi connectivity index (χ3v) is 5.46.